The normalized spacial score (nSPS) is 20.8. The number of aliphatic imine (C=N–C) groups is 1. The first-order valence-electron chi connectivity index (χ1n) is 11.3. The summed E-state index contributed by atoms with van der Waals surface area (Å²) in [4.78, 5) is 7.78. The zero-order valence-corrected chi connectivity index (χ0v) is 18.8. The summed E-state index contributed by atoms with van der Waals surface area (Å²) in [7, 11) is 0. The molecule has 0 aromatic heterocycles. The molecule has 2 aliphatic rings. The van der Waals surface area contributed by atoms with Crippen molar-refractivity contribution in [2.24, 2.45) is 4.99 Å². The fourth-order valence-electron chi connectivity index (χ4n) is 4.89. The molecule has 5 heteroatoms. The first-order chi connectivity index (χ1) is 15.6. The summed E-state index contributed by atoms with van der Waals surface area (Å²) in [5.41, 5.74) is 4.08. The van der Waals surface area contributed by atoms with Crippen molar-refractivity contribution >= 4 is 17.3 Å². The van der Waals surface area contributed by atoms with E-state index in [0.717, 1.165) is 49.3 Å². The number of hydrogen-bond acceptors (Lipinski definition) is 4. The fraction of sp³-hybridized carbons (Fsp3) is 0.296. The van der Waals surface area contributed by atoms with Gasteiger partial charge in [0.15, 0.2) is 0 Å². The summed E-state index contributed by atoms with van der Waals surface area (Å²) >= 11 is 6.29. The van der Waals surface area contributed by atoms with Gasteiger partial charge in [-0.25, -0.2) is 0 Å². The zero-order valence-electron chi connectivity index (χ0n) is 18.0. The Hall–Kier alpha value is -2.66. The molecule has 1 saturated heterocycles. The number of phenolic OH excluding ortho intramolecular Hbond substituents is 1. The molecule has 1 fully saturated rings. The molecule has 0 radical (unpaired) electrons. The molecule has 0 aliphatic carbocycles. The highest BCUT2D eigenvalue weighted by molar-refractivity contribution is 6.30. The van der Waals surface area contributed by atoms with Gasteiger partial charge in [0.1, 0.15) is 11.4 Å². The van der Waals surface area contributed by atoms with E-state index in [4.69, 9.17) is 16.6 Å². The molecule has 32 heavy (non-hydrogen) atoms. The van der Waals surface area contributed by atoms with E-state index in [9.17, 15) is 5.11 Å². The fourth-order valence-corrected chi connectivity index (χ4v) is 5.07. The van der Waals surface area contributed by atoms with Gasteiger partial charge in [0, 0.05) is 48.4 Å². The summed E-state index contributed by atoms with van der Waals surface area (Å²) in [5.74, 6) is 0.276. The number of rotatable bonds is 4. The molecule has 3 aromatic rings. The van der Waals surface area contributed by atoms with E-state index in [1.54, 1.807) is 12.1 Å². The summed E-state index contributed by atoms with van der Waals surface area (Å²) in [6.45, 7) is 2.91. The minimum absolute atomic E-state index is 0.0397. The van der Waals surface area contributed by atoms with Crippen LogP contribution in [-0.4, -0.2) is 34.5 Å². The molecule has 1 atom stereocenters. The molecule has 0 unspecified atom stereocenters. The second-order valence-electron chi connectivity index (χ2n) is 8.82. The van der Waals surface area contributed by atoms with Crippen molar-refractivity contribution in [1.82, 2.24) is 10.2 Å². The van der Waals surface area contributed by atoms with Gasteiger partial charge in [-0.2, -0.15) is 0 Å². The van der Waals surface area contributed by atoms with E-state index < -0.39 is 0 Å². The van der Waals surface area contributed by atoms with Crippen molar-refractivity contribution in [1.29, 1.82) is 0 Å². The number of halogens is 1. The number of piperidine rings is 1. The predicted molar refractivity (Wildman–Crippen MR) is 130 cm³/mol. The molecule has 0 amide bonds. The first-order valence-corrected chi connectivity index (χ1v) is 11.6. The smallest absolute Gasteiger partial charge is 0.120 e. The van der Waals surface area contributed by atoms with Gasteiger partial charge in [0.05, 0.1) is 0 Å². The van der Waals surface area contributed by atoms with Crippen LogP contribution in [0.1, 0.15) is 42.0 Å². The third kappa shape index (κ3) is 4.58. The number of phenols is 1. The van der Waals surface area contributed by atoms with Crippen LogP contribution in [0.15, 0.2) is 83.9 Å². The third-order valence-corrected chi connectivity index (χ3v) is 6.83. The van der Waals surface area contributed by atoms with Crippen LogP contribution in [0.3, 0.4) is 0 Å². The highest BCUT2D eigenvalue weighted by Crippen LogP contribution is 2.38. The largest absolute Gasteiger partial charge is 0.508 e. The van der Waals surface area contributed by atoms with Crippen molar-refractivity contribution in [3.05, 3.63) is 101 Å². The molecular formula is C27H28ClN3O. The number of nitrogens with zero attached hydrogens (tertiary/aromatic N) is 2. The van der Waals surface area contributed by atoms with Gasteiger partial charge in [-0.15, -0.1) is 0 Å². The number of aromatic hydroxyl groups is 1. The van der Waals surface area contributed by atoms with Crippen molar-refractivity contribution in [3.8, 4) is 5.75 Å². The van der Waals surface area contributed by atoms with Gasteiger partial charge >= 0.3 is 0 Å². The van der Waals surface area contributed by atoms with E-state index >= 15 is 0 Å². The minimum Gasteiger partial charge on any atom is -0.508 e. The molecule has 2 N–H and O–H groups in total. The van der Waals surface area contributed by atoms with E-state index in [0.29, 0.717) is 11.4 Å². The Morgan fingerprint density at radius 3 is 2.38 bits per heavy atom. The summed E-state index contributed by atoms with van der Waals surface area (Å²) < 4.78 is 0. The standard InChI is InChI=1S/C27H28ClN3O/c28-22-11-12-26(32)23(17-22)25-18-24(21-9-5-2-6-10-21)29-27(30-25)13-15-31(16-14-27)19-20-7-3-1-4-8-20/h1-12,17,25,30,32H,13-16,18-19H2/t25-/m0/s1. The van der Waals surface area contributed by atoms with Gasteiger partial charge in [-0.3, -0.25) is 15.2 Å². The van der Waals surface area contributed by atoms with E-state index in [-0.39, 0.29) is 17.5 Å². The van der Waals surface area contributed by atoms with Gasteiger partial charge in [-0.1, -0.05) is 72.3 Å². The molecule has 0 bridgehead atoms. The monoisotopic (exact) mass is 445 g/mol. The lowest BCUT2D eigenvalue weighted by molar-refractivity contribution is 0.120. The van der Waals surface area contributed by atoms with Crippen molar-refractivity contribution < 1.29 is 5.11 Å². The lowest BCUT2D eigenvalue weighted by Crippen LogP contribution is -2.55. The van der Waals surface area contributed by atoms with Crippen LogP contribution in [0.25, 0.3) is 0 Å². The zero-order chi connectivity index (χ0) is 22.0. The Morgan fingerprint density at radius 2 is 1.66 bits per heavy atom. The highest BCUT2D eigenvalue weighted by Gasteiger charge is 2.40. The molecule has 164 valence electrons. The Kier molecular flexibility index (Phi) is 6.01. The second kappa shape index (κ2) is 9.07. The minimum atomic E-state index is -0.337. The maximum atomic E-state index is 10.6. The first kappa shape index (κ1) is 21.2. The van der Waals surface area contributed by atoms with Crippen LogP contribution in [-0.2, 0) is 6.54 Å². The highest BCUT2D eigenvalue weighted by atomic mass is 35.5. The average molecular weight is 446 g/mol. The number of hydrogen-bond donors (Lipinski definition) is 2. The Labute approximate surface area is 194 Å². The lowest BCUT2D eigenvalue weighted by Gasteiger charge is -2.45. The van der Waals surface area contributed by atoms with Crippen molar-refractivity contribution in [2.75, 3.05) is 13.1 Å². The third-order valence-electron chi connectivity index (χ3n) is 6.59. The van der Waals surface area contributed by atoms with Crippen LogP contribution in [0.5, 0.6) is 5.75 Å². The molecule has 0 saturated carbocycles. The SMILES string of the molecule is Oc1ccc(Cl)cc1[C@@H]1CC(c2ccccc2)=NC2(CCN(Cc3ccccc3)CC2)N1. The molecule has 5 rings (SSSR count). The van der Waals surface area contributed by atoms with Crippen molar-refractivity contribution in [2.45, 2.75) is 37.5 Å². The van der Waals surface area contributed by atoms with Crippen molar-refractivity contribution in [3.63, 3.8) is 0 Å². The number of likely N-dealkylation sites (tertiary alicyclic amines) is 1. The van der Waals surface area contributed by atoms with Gasteiger partial charge in [0.2, 0.25) is 0 Å². The molecule has 3 aromatic carbocycles. The number of benzene rings is 3. The molecule has 4 nitrogen and oxygen atoms in total. The quantitative estimate of drug-likeness (QED) is 0.552. The predicted octanol–water partition coefficient (Wildman–Crippen LogP) is 5.56. The average Bonchev–Trinajstić information content (AvgIpc) is 2.83. The lowest BCUT2D eigenvalue weighted by atomic mass is 9.87. The van der Waals surface area contributed by atoms with Gasteiger partial charge < -0.3 is 5.11 Å². The van der Waals surface area contributed by atoms with Crippen LogP contribution in [0.2, 0.25) is 5.02 Å². The Balaban J connectivity index is 1.42. The summed E-state index contributed by atoms with van der Waals surface area (Å²) in [6.07, 6.45) is 2.56. The molecule has 2 aliphatic heterocycles. The van der Waals surface area contributed by atoms with Gasteiger partial charge in [-0.05, 0) is 42.2 Å². The maximum absolute atomic E-state index is 10.6. The topological polar surface area (TPSA) is 47.9 Å². The van der Waals surface area contributed by atoms with Crippen LogP contribution >= 0.6 is 11.6 Å². The summed E-state index contributed by atoms with van der Waals surface area (Å²) in [5, 5.41) is 15.0. The van der Waals surface area contributed by atoms with E-state index in [2.05, 4.69) is 64.8 Å². The molecular weight excluding hydrogens is 418 g/mol. The van der Waals surface area contributed by atoms with E-state index in [1.165, 1.54) is 5.56 Å². The maximum Gasteiger partial charge on any atom is 0.120 e. The van der Waals surface area contributed by atoms with E-state index in [1.807, 2.05) is 12.1 Å². The van der Waals surface area contributed by atoms with Crippen LogP contribution < -0.4 is 5.32 Å². The molecule has 2 heterocycles. The number of nitrogens with one attached hydrogen (secondary N) is 1. The Bertz CT molecular complexity index is 1090. The molecule has 1 spiro atoms. The van der Waals surface area contributed by atoms with Gasteiger partial charge in [0.25, 0.3) is 0 Å². The second-order valence-corrected chi connectivity index (χ2v) is 9.26. The van der Waals surface area contributed by atoms with Crippen LogP contribution in [0.4, 0.5) is 0 Å². The summed E-state index contributed by atoms with van der Waals surface area (Å²) in [6, 6.07) is 26.3. The van der Waals surface area contributed by atoms with Crippen LogP contribution in [0, 0.1) is 0 Å². The Morgan fingerprint density at radius 1 is 0.969 bits per heavy atom.